The van der Waals surface area contributed by atoms with Gasteiger partial charge in [-0.25, -0.2) is 0 Å². The minimum atomic E-state index is -0.565. The first-order valence-corrected chi connectivity index (χ1v) is 9.78. The van der Waals surface area contributed by atoms with E-state index in [1.54, 1.807) is 4.90 Å². The molecule has 0 bridgehead atoms. The molecule has 0 radical (unpaired) electrons. The van der Waals surface area contributed by atoms with Gasteiger partial charge in [0, 0.05) is 32.6 Å². The molecule has 2 saturated heterocycles. The number of hydrogen-bond acceptors (Lipinski definition) is 4. The van der Waals surface area contributed by atoms with Crippen molar-refractivity contribution in [3.8, 4) is 0 Å². The lowest BCUT2D eigenvalue weighted by molar-refractivity contribution is -0.145. The van der Waals surface area contributed by atoms with E-state index in [9.17, 15) is 14.4 Å². The zero-order valence-corrected chi connectivity index (χ0v) is 15.4. The molecule has 0 aromatic heterocycles. The summed E-state index contributed by atoms with van der Waals surface area (Å²) in [5.41, 5.74) is 3.61. The number of carbonyl (C=O) groups excluding carboxylic acids is 3. The van der Waals surface area contributed by atoms with Crippen molar-refractivity contribution in [3.05, 3.63) is 34.9 Å². The second-order valence-electron chi connectivity index (χ2n) is 7.70. The normalized spacial score (nSPS) is 24.4. The molecule has 7 nitrogen and oxygen atoms in total. The van der Waals surface area contributed by atoms with Crippen LogP contribution in [-0.4, -0.2) is 48.3 Å². The number of rotatable bonds is 2. The zero-order chi connectivity index (χ0) is 18.8. The highest BCUT2D eigenvalue weighted by atomic mass is 16.2. The number of likely N-dealkylation sites (tertiary alicyclic amines) is 1. The van der Waals surface area contributed by atoms with E-state index in [4.69, 9.17) is 0 Å². The molecule has 144 valence electrons. The van der Waals surface area contributed by atoms with Crippen LogP contribution in [-0.2, 0) is 33.9 Å². The highest BCUT2D eigenvalue weighted by molar-refractivity contribution is 6.35. The second-order valence-corrected chi connectivity index (χ2v) is 7.70. The van der Waals surface area contributed by atoms with Gasteiger partial charge in [0.05, 0.1) is 6.04 Å². The summed E-state index contributed by atoms with van der Waals surface area (Å²) < 4.78 is 0. The van der Waals surface area contributed by atoms with Crippen LogP contribution in [0.2, 0.25) is 0 Å². The first-order chi connectivity index (χ1) is 13.1. The van der Waals surface area contributed by atoms with Crippen LogP contribution in [0, 0.1) is 5.92 Å². The van der Waals surface area contributed by atoms with Crippen LogP contribution in [0.4, 0.5) is 0 Å². The van der Waals surface area contributed by atoms with Crippen LogP contribution >= 0.6 is 0 Å². The Labute approximate surface area is 158 Å². The molecular weight excluding hydrogens is 344 g/mol. The molecule has 2 unspecified atom stereocenters. The van der Waals surface area contributed by atoms with Crippen molar-refractivity contribution in [2.24, 2.45) is 5.92 Å². The number of benzene rings is 1. The van der Waals surface area contributed by atoms with Crippen LogP contribution in [0.15, 0.2) is 18.2 Å². The number of fused-ring (bicyclic) bond motifs is 2. The molecule has 1 aromatic rings. The lowest BCUT2D eigenvalue weighted by atomic mass is 9.95. The van der Waals surface area contributed by atoms with E-state index in [-0.39, 0.29) is 17.9 Å². The predicted molar refractivity (Wildman–Crippen MR) is 99.6 cm³/mol. The Balaban J connectivity index is 1.35. The topological polar surface area (TPSA) is 90.5 Å². The largest absolute Gasteiger partial charge is 0.351 e. The van der Waals surface area contributed by atoms with E-state index in [1.165, 1.54) is 11.1 Å². The third kappa shape index (κ3) is 3.83. The lowest BCUT2D eigenvalue weighted by Crippen LogP contribution is -2.44. The molecule has 1 aromatic carbocycles. The van der Waals surface area contributed by atoms with Crippen molar-refractivity contribution in [1.29, 1.82) is 0 Å². The van der Waals surface area contributed by atoms with E-state index in [0.29, 0.717) is 26.1 Å². The Morgan fingerprint density at radius 1 is 1.22 bits per heavy atom. The molecule has 4 rings (SSSR count). The van der Waals surface area contributed by atoms with Gasteiger partial charge in [0.15, 0.2) is 0 Å². The first-order valence-electron chi connectivity index (χ1n) is 9.78. The van der Waals surface area contributed by atoms with E-state index in [1.807, 2.05) is 12.1 Å². The molecular formula is C20H26N4O3. The maximum Gasteiger partial charge on any atom is 0.311 e. The lowest BCUT2D eigenvalue weighted by Gasteiger charge is -2.21. The minimum absolute atomic E-state index is 0.0228. The van der Waals surface area contributed by atoms with Gasteiger partial charge in [0.25, 0.3) is 0 Å². The predicted octanol–water partition coefficient (Wildman–Crippen LogP) is 0.0756. The quantitative estimate of drug-likeness (QED) is 0.643. The third-order valence-electron chi connectivity index (χ3n) is 5.92. The van der Waals surface area contributed by atoms with Gasteiger partial charge in [-0.2, -0.15) is 0 Å². The van der Waals surface area contributed by atoms with Gasteiger partial charge >= 0.3 is 11.8 Å². The SMILES string of the molecule is O=C1CCCC2CN(C(=O)C(=O)NCc3cccc4c3CCNC4)CC2N1. The molecule has 3 aliphatic heterocycles. The van der Waals surface area contributed by atoms with Crippen LogP contribution in [0.5, 0.6) is 0 Å². The molecule has 27 heavy (non-hydrogen) atoms. The van der Waals surface area contributed by atoms with Crippen molar-refractivity contribution >= 4 is 17.7 Å². The zero-order valence-electron chi connectivity index (χ0n) is 15.4. The smallest absolute Gasteiger partial charge is 0.311 e. The summed E-state index contributed by atoms with van der Waals surface area (Å²) in [5, 5.41) is 9.12. The molecule has 0 aliphatic carbocycles. The Kier molecular flexibility index (Phi) is 5.11. The summed E-state index contributed by atoms with van der Waals surface area (Å²) in [7, 11) is 0. The number of amides is 3. The molecule has 3 amide bonds. The summed E-state index contributed by atoms with van der Waals surface area (Å²) >= 11 is 0. The average molecular weight is 370 g/mol. The Morgan fingerprint density at radius 2 is 2.11 bits per heavy atom. The van der Waals surface area contributed by atoms with Gasteiger partial charge in [0.1, 0.15) is 0 Å². The van der Waals surface area contributed by atoms with E-state index in [2.05, 4.69) is 22.0 Å². The Morgan fingerprint density at radius 3 is 3.00 bits per heavy atom. The first kappa shape index (κ1) is 18.0. The number of carbonyl (C=O) groups is 3. The van der Waals surface area contributed by atoms with Crippen molar-refractivity contribution < 1.29 is 14.4 Å². The van der Waals surface area contributed by atoms with Crippen LogP contribution < -0.4 is 16.0 Å². The Bertz CT molecular complexity index is 764. The van der Waals surface area contributed by atoms with Gasteiger partial charge in [0.2, 0.25) is 5.91 Å². The molecule has 3 heterocycles. The van der Waals surface area contributed by atoms with E-state index in [0.717, 1.165) is 37.9 Å². The van der Waals surface area contributed by atoms with Crippen molar-refractivity contribution in [2.75, 3.05) is 19.6 Å². The highest BCUT2D eigenvalue weighted by Crippen LogP contribution is 2.25. The van der Waals surface area contributed by atoms with Gasteiger partial charge < -0.3 is 20.9 Å². The minimum Gasteiger partial charge on any atom is -0.351 e. The van der Waals surface area contributed by atoms with Crippen LogP contribution in [0.1, 0.15) is 36.0 Å². The molecule has 3 aliphatic rings. The van der Waals surface area contributed by atoms with E-state index < -0.39 is 11.8 Å². The van der Waals surface area contributed by atoms with Crippen molar-refractivity contribution in [2.45, 2.75) is 44.8 Å². The number of nitrogens with one attached hydrogen (secondary N) is 3. The summed E-state index contributed by atoms with van der Waals surface area (Å²) in [6, 6.07) is 6.08. The maximum atomic E-state index is 12.6. The molecule has 0 spiro atoms. The van der Waals surface area contributed by atoms with Crippen LogP contribution in [0.3, 0.4) is 0 Å². The number of nitrogens with zero attached hydrogens (tertiary/aromatic N) is 1. The second kappa shape index (κ2) is 7.68. The molecule has 0 saturated carbocycles. The summed E-state index contributed by atoms with van der Waals surface area (Å²) in [6.45, 7) is 3.11. The van der Waals surface area contributed by atoms with E-state index >= 15 is 0 Å². The molecule has 2 atom stereocenters. The molecule has 3 N–H and O–H groups in total. The fourth-order valence-corrected chi connectivity index (χ4v) is 4.47. The standard InChI is InChI=1S/C20H26N4O3/c25-18-6-2-5-15-11-24(12-17(15)23-18)20(27)19(26)22-10-14-4-1-3-13-9-21-8-7-16(13)14/h1,3-4,15,17,21H,2,5-12H2,(H,22,26)(H,23,25). The van der Waals surface area contributed by atoms with Gasteiger partial charge in [-0.05, 0) is 48.4 Å². The fraction of sp³-hybridized carbons (Fsp3) is 0.550. The van der Waals surface area contributed by atoms with Crippen LogP contribution in [0.25, 0.3) is 0 Å². The third-order valence-corrected chi connectivity index (χ3v) is 5.92. The fourth-order valence-electron chi connectivity index (χ4n) is 4.47. The molecule has 2 fully saturated rings. The number of hydrogen-bond donors (Lipinski definition) is 3. The summed E-state index contributed by atoms with van der Waals surface area (Å²) in [4.78, 5) is 38.3. The van der Waals surface area contributed by atoms with Crippen molar-refractivity contribution in [3.63, 3.8) is 0 Å². The molecule has 7 heteroatoms. The maximum absolute atomic E-state index is 12.6. The monoisotopic (exact) mass is 370 g/mol. The van der Waals surface area contributed by atoms with Gasteiger partial charge in [-0.1, -0.05) is 18.2 Å². The summed E-state index contributed by atoms with van der Waals surface area (Å²) in [5.74, 6) is -0.764. The van der Waals surface area contributed by atoms with Gasteiger partial charge in [-0.3, -0.25) is 14.4 Å². The summed E-state index contributed by atoms with van der Waals surface area (Å²) in [6.07, 6.45) is 3.25. The van der Waals surface area contributed by atoms with Crippen molar-refractivity contribution in [1.82, 2.24) is 20.9 Å². The average Bonchev–Trinajstić information content (AvgIpc) is 2.99. The Hall–Kier alpha value is -2.41. The van der Waals surface area contributed by atoms with Gasteiger partial charge in [-0.15, -0.1) is 0 Å². The highest BCUT2D eigenvalue weighted by Gasteiger charge is 2.38.